The Kier molecular flexibility index (Phi) is 7.01. The highest BCUT2D eigenvalue weighted by Gasteiger charge is 2.69. The van der Waals surface area contributed by atoms with Gasteiger partial charge in [0.1, 0.15) is 6.10 Å². The first-order valence-corrected chi connectivity index (χ1v) is 16.7. The molecule has 2 heterocycles. The van der Waals surface area contributed by atoms with Crippen molar-refractivity contribution in [2.75, 3.05) is 6.61 Å². The molecule has 0 aromatic heterocycles. The van der Waals surface area contributed by atoms with Crippen molar-refractivity contribution in [1.29, 1.82) is 0 Å². The smallest absolute Gasteiger partial charge is 0.331 e. The number of hydrogen-bond donors (Lipinski definition) is 2. The quantitative estimate of drug-likeness (QED) is 0.220. The Labute approximate surface area is 251 Å². The van der Waals surface area contributed by atoms with Crippen LogP contribution in [0, 0.1) is 52.3 Å². The number of phenols is 2. The number of carbonyl (C=O) groups is 1. The average Bonchev–Trinajstić information content (AvgIpc) is 3.41. The van der Waals surface area contributed by atoms with Crippen molar-refractivity contribution in [3.8, 4) is 11.5 Å². The van der Waals surface area contributed by atoms with Crippen molar-refractivity contribution in [3.05, 3.63) is 29.8 Å². The fourth-order valence-corrected chi connectivity index (χ4v) is 11.4. The van der Waals surface area contributed by atoms with Crippen LogP contribution in [-0.4, -0.2) is 40.8 Å². The third-order valence-corrected chi connectivity index (χ3v) is 13.6. The van der Waals surface area contributed by atoms with Gasteiger partial charge in [-0.3, -0.25) is 0 Å². The molecule has 2 N–H and O–H groups in total. The van der Waals surface area contributed by atoms with E-state index < -0.39 is 0 Å². The second kappa shape index (κ2) is 10.3. The summed E-state index contributed by atoms with van der Waals surface area (Å²) < 4.78 is 19.4. The van der Waals surface area contributed by atoms with Gasteiger partial charge in [0.15, 0.2) is 17.3 Å². The zero-order chi connectivity index (χ0) is 29.4. The molecule has 0 bridgehead atoms. The molecule has 1 aromatic rings. The van der Waals surface area contributed by atoms with Gasteiger partial charge in [-0.05, 0) is 128 Å². The van der Waals surface area contributed by atoms with Gasteiger partial charge in [0.2, 0.25) is 0 Å². The minimum absolute atomic E-state index is 0.0339. The highest BCUT2D eigenvalue weighted by atomic mass is 16.7. The fourth-order valence-electron chi connectivity index (χ4n) is 11.4. The van der Waals surface area contributed by atoms with Crippen LogP contribution in [-0.2, 0) is 19.0 Å². The molecule has 4 saturated carbocycles. The van der Waals surface area contributed by atoms with Gasteiger partial charge < -0.3 is 24.4 Å². The molecule has 6 heteroatoms. The number of esters is 1. The van der Waals surface area contributed by atoms with Gasteiger partial charge in [-0.2, -0.15) is 0 Å². The van der Waals surface area contributed by atoms with E-state index in [1.807, 2.05) is 0 Å². The van der Waals surface area contributed by atoms with Gasteiger partial charge in [-0.25, -0.2) is 4.79 Å². The SMILES string of the molecule is C[C@@H]1CC[C@@]2(OC1)O[C@H]1C[C@H]3[C@@H]4CC[C@@H]5C[C@@H](OC(=O)/C=C/c6ccc(O)c(O)c6)CC[C@]5(C)[C@H]4CC[C@]3(C)[C@H]1[C@@H]2C. The second-order valence-electron chi connectivity index (χ2n) is 15.6. The van der Waals surface area contributed by atoms with Crippen LogP contribution in [0.15, 0.2) is 24.3 Å². The summed E-state index contributed by atoms with van der Waals surface area (Å²) in [6, 6.07) is 4.51. The summed E-state index contributed by atoms with van der Waals surface area (Å²) in [5.41, 5.74) is 1.31. The standard InChI is InChI=1S/C36H50O6/c1-21-11-16-36(40-20-21)22(2)33-31(42-36)19-28-26-8-7-24-18-25(12-14-34(24,3)27(26)13-15-35(28,33)4)41-32(39)10-6-23-5-9-29(37)30(38)17-23/h5-6,9-10,17,21-22,24-28,31,33,37-38H,7-8,11-16,18-20H2,1-4H3/b10-6+/t21-,22+,24-,25+,26-,27+,28+,31+,33+,34+,35+,36-/m1/s1. The summed E-state index contributed by atoms with van der Waals surface area (Å²) in [5.74, 6) is 3.54. The number of carbonyl (C=O) groups excluding carboxylic acids is 1. The summed E-state index contributed by atoms with van der Waals surface area (Å²) in [7, 11) is 0. The van der Waals surface area contributed by atoms with Crippen LogP contribution >= 0.6 is 0 Å². The Hall–Kier alpha value is -2.05. The Morgan fingerprint density at radius 1 is 0.952 bits per heavy atom. The van der Waals surface area contributed by atoms with E-state index in [1.165, 1.54) is 56.7 Å². The van der Waals surface area contributed by atoms with Crippen LogP contribution in [0.5, 0.6) is 11.5 Å². The summed E-state index contributed by atoms with van der Waals surface area (Å²) in [6.07, 6.45) is 15.0. The molecule has 6 aliphatic rings. The molecule has 7 rings (SSSR count). The number of ether oxygens (including phenoxy) is 3. The van der Waals surface area contributed by atoms with E-state index in [9.17, 15) is 15.0 Å². The van der Waals surface area contributed by atoms with E-state index in [2.05, 4.69) is 27.7 Å². The van der Waals surface area contributed by atoms with E-state index in [-0.39, 0.29) is 29.4 Å². The number of rotatable bonds is 3. The third-order valence-electron chi connectivity index (χ3n) is 13.6. The molecule has 2 aliphatic heterocycles. The lowest BCUT2D eigenvalue weighted by atomic mass is 9.44. The van der Waals surface area contributed by atoms with Crippen LogP contribution in [0.25, 0.3) is 6.08 Å². The molecule has 0 amide bonds. The van der Waals surface area contributed by atoms with E-state index >= 15 is 0 Å². The maximum Gasteiger partial charge on any atom is 0.331 e. The van der Waals surface area contributed by atoms with Crippen molar-refractivity contribution in [1.82, 2.24) is 0 Å². The van der Waals surface area contributed by atoms with Crippen molar-refractivity contribution < 1.29 is 29.2 Å². The molecule has 4 aliphatic carbocycles. The largest absolute Gasteiger partial charge is 0.504 e. The van der Waals surface area contributed by atoms with Crippen molar-refractivity contribution in [2.24, 2.45) is 52.3 Å². The molecule has 2 saturated heterocycles. The predicted molar refractivity (Wildman–Crippen MR) is 160 cm³/mol. The number of hydrogen-bond acceptors (Lipinski definition) is 6. The number of benzene rings is 1. The maximum absolute atomic E-state index is 12.7. The van der Waals surface area contributed by atoms with Crippen LogP contribution in [0.3, 0.4) is 0 Å². The molecule has 230 valence electrons. The molecule has 1 aromatic carbocycles. The minimum atomic E-state index is -0.340. The normalized spacial score (nSPS) is 48.0. The average molecular weight is 579 g/mol. The zero-order valence-corrected chi connectivity index (χ0v) is 25.9. The van der Waals surface area contributed by atoms with Gasteiger partial charge in [0.05, 0.1) is 12.7 Å². The number of fused-ring (bicyclic) bond motifs is 7. The molecule has 6 nitrogen and oxygen atoms in total. The van der Waals surface area contributed by atoms with Gasteiger partial charge in [-0.1, -0.05) is 33.8 Å². The summed E-state index contributed by atoms with van der Waals surface area (Å²) in [5, 5.41) is 19.2. The summed E-state index contributed by atoms with van der Waals surface area (Å²) >= 11 is 0. The first-order chi connectivity index (χ1) is 20.0. The van der Waals surface area contributed by atoms with Crippen LogP contribution in [0.1, 0.15) is 97.5 Å². The Morgan fingerprint density at radius 3 is 2.52 bits per heavy atom. The van der Waals surface area contributed by atoms with Crippen molar-refractivity contribution in [2.45, 2.75) is 110 Å². The topological polar surface area (TPSA) is 85.2 Å². The minimum Gasteiger partial charge on any atom is -0.504 e. The Balaban J connectivity index is 0.998. The third kappa shape index (κ3) is 4.45. The van der Waals surface area contributed by atoms with E-state index in [1.54, 1.807) is 12.1 Å². The van der Waals surface area contributed by atoms with Gasteiger partial charge >= 0.3 is 5.97 Å². The lowest BCUT2D eigenvalue weighted by molar-refractivity contribution is -0.273. The number of aromatic hydroxyl groups is 2. The predicted octanol–water partition coefficient (Wildman–Crippen LogP) is 7.47. The molecule has 0 radical (unpaired) electrons. The summed E-state index contributed by atoms with van der Waals surface area (Å²) in [6.45, 7) is 10.7. The monoisotopic (exact) mass is 578 g/mol. The lowest BCUT2D eigenvalue weighted by Crippen LogP contribution is -2.55. The molecule has 0 unspecified atom stereocenters. The van der Waals surface area contributed by atoms with Gasteiger partial charge in [0.25, 0.3) is 0 Å². The van der Waals surface area contributed by atoms with E-state index in [4.69, 9.17) is 14.2 Å². The molecular weight excluding hydrogens is 528 g/mol. The van der Waals surface area contributed by atoms with Crippen LogP contribution < -0.4 is 0 Å². The fraction of sp³-hybridized carbons (Fsp3) is 0.750. The van der Waals surface area contributed by atoms with Crippen LogP contribution in [0.4, 0.5) is 0 Å². The zero-order valence-electron chi connectivity index (χ0n) is 25.9. The first kappa shape index (κ1) is 28.7. The van der Waals surface area contributed by atoms with E-state index in [0.717, 1.165) is 50.0 Å². The first-order valence-electron chi connectivity index (χ1n) is 16.7. The van der Waals surface area contributed by atoms with Gasteiger partial charge in [-0.15, -0.1) is 0 Å². The molecule has 6 fully saturated rings. The van der Waals surface area contributed by atoms with Crippen molar-refractivity contribution >= 4 is 12.0 Å². The summed E-state index contributed by atoms with van der Waals surface area (Å²) in [4.78, 5) is 12.7. The van der Waals surface area contributed by atoms with Crippen molar-refractivity contribution in [3.63, 3.8) is 0 Å². The lowest BCUT2D eigenvalue weighted by Gasteiger charge is -2.61. The highest BCUT2D eigenvalue weighted by Crippen LogP contribution is 2.71. The maximum atomic E-state index is 12.7. The Morgan fingerprint density at radius 2 is 1.76 bits per heavy atom. The highest BCUT2D eigenvalue weighted by molar-refractivity contribution is 5.87. The molecule has 1 spiro atoms. The van der Waals surface area contributed by atoms with Crippen LogP contribution in [0.2, 0.25) is 0 Å². The molecule has 12 atom stereocenters. The van der Waals surface area contributed by atoms with Gasteiger partial charge in [0, 0.05) is 18.4 Å². The van der Waals surface area contributed by atoms with E-state index in [0.29, 0.717) is 46.2 Å². The number of phenolic OH excluding ortho intramolecular Hbond substituents is 2. The molecular formula is C36H50O6. The molecule has 42 heavy (non-hydrogen) atoms. The Bertz CT molecular complexity index is 1230. The second-order valence-corrected chi connectivity index (χ2v) is 15.6.